The van der Waals surface area contributed by atoms with E-state index in [0.29, 0.717) is 0 Å². The van der Waals surface area contributed by atoms with Crippen molar-refractivity contribution in [2.24, 2.45) is 0 Å². The fourth-order valence-corrected chi connectivity index (χ4v) is 1.60. The SMILES string of the molecule is CC(=O)/C=C(O)/C(C(=O)Oc1cc(C)oc(=O)c1C)=C(\C)O. The van der Waals surface area contributed by atoms with E-state index in [9.17, 15) is 24.6 Å². The van der Waals surface area contributed by atoms with Crippen molar-refractivity contribution >= 4 is 11.8 Å². The topological polar surface area (TPSA) is 114 Å². The second-order valence-electron chi connectivity index (χ2n) is 4.62. The molecular formula is C15H16O7. The number of hydrogen-bond acceptors (Lipinski definition) is 7. The van der Waals surface area contributed by atoms with Crippen LogP contribution in [0.2, 0.25) is 0 Å². The molecule has 7 heteroatoms. The molecule has 2 N–H and O–H groups in total. The highest BCUT2D eigenvalue weighted by molar-refractivity contribution is 5.97. The van der Waals surface area contributed by atoms with Crippen molar-refractivity contribution in [1.82, 2.24) is 0 Å². The van der Waals surface area contributed by atoms with Crippen LogP contribution >= 0.6 is 0 Å². The number of hydrogen-bond donors (Lipinski definition) is 2. The third kappa shape index (κ3) is 4.08. The van der Waals surface area contributed by atoms with Crippen LogP contribution in [-0.2, 0) is 9.59 Å². The number of aliphatic hydroxyl groups excluding tert-OH is 2. The quantitative estimate of drug-likeness (QED) is 0.378. The van der Waals surface area contributed by atoms with Gasteiger partial charge < -0.3 is 19.4 Å². The van der Waals surface area contributed by atoms with Crippen LogP contribution in [0, 0.1) is 13.8 Å². The maximum Gasteiger partial charge on any atom is 0.350 e. The number of carbonyl (C=O) groups excluding carboxylic acids is 2. The molecule has 0 aliphatic carbocycles. The highest BCUT2D eigenvalue weighted by atomic mass is 16.5. The molecular weight excluding hydrogens is 292 g/mol. The lowest BCUT2D eigenvalue weighted by Gasteiger charge is -2.10. The lowest BCUT2D eigenvalue weighted by molar-refractivity contribution is -0.130. The molecule has 7 nitrogen and oxygen atoms in total. The predicted octanol–water partition coefficient (Wildman–Crippen LogP) is 2.02. The molecule has 0 fully saturated rings. The van der Waals surface area contributed by atoms with Crippen molar-refractivity contribution < 1.29 is 29.0 Å². The van der Waals surface area contributed by atoms with Gasteiger partial charge in [-0.1, -0.05) is 0 Å². The summed E-state index contributed by atoms with van der Waals surface area (Å²) in [5.41, 5.74) is -1.18. The van der Waals surface area contributed by atoms with Crippen molar-refractivity contribution in [3.05, 3.63) is 51.0 Å². The van der Waals surface area contributed by atoms with Crippen LogP contribution < -0.4 is 10.4 Å². The van der Waals surface area contributed by atoms with E-state index in [2.05, 4.69) is 0 Å². The summed E-state index contributed by atoms with van der Waals surface area (Å²) in [6.07, 6.45) is 0.772. The molecule has 0 aliphatic heterocycles. The molecule has 0 aliphatic rings. The summed E-state index contributed by atoms with van der Waals surface area (Å²) in [7, 11) is 0. The van der Waals surface area contributed by atoms with Gasteiger partial charge in [0, 0.05) is 12.1 Å². The number of ether oxygens (including phenoxy) is 1. The van der Waals surface area contributed by atoms with Crippen LogP contribution in [0.5, 0.6) is 5.75 Å². The van der Waals surface area contributed by atoms with Gasteiger partial charge in [0.1, 0.15) is 28.6 Å². The van der Waals surface area contributed by atoms with Crippen molar-refractivity contribution in [2.45, 2.75) is 27.7 Å². The zero-order valence-corrected chi connectivity index (χ0v) is 12.6. The van der Waals surface area contributed by atoms with E-state index in [1.807, 2.05) is 0 Å². The summed E-state index contributed by atoms with van der Waals surface area (Å²) in [6.45, 7) is 5.22. The van der Waals surface area contributed by atoms with E-state index in [-0.39, 0.29) is 17.1 Å². The van der Waals surface area contributed by atoms with Gasteiger partial charge >= 0.3 is 11.6 Å². The van der Waals surface area contributed by atoms with Gasteiger partial charge in [0.2, 0.25) is 0 Å². The molecule has 0 saturated carbocycles. The van der Waals surface area contributed by atoms with Gasteiger partial charge in [-0.05, 0) is 27.7 Å². The molecule has 0 saturated heterocycles. The number of ketones is 1. The summed E-state index contributed by atoms with van der Waals surface area (Å²) in [5.74, 6) is -2.71. The van der Waals surface area contributed by atoms with Crippen molar-refractivity contribution in [2.75, 3.05) is 0 Å². The maximum absolute atomic E-state index is 12.1. The number of carbonyl (C=O) groups is 2. The van der Waals surface area contributed by atoms with Crippen molar-refractivity contribution in [1.29, 1.82) is 0 Å². The summed E-state index contributed by atoms with van der Waals surface area (Å²) in [4.78, 5) is 34.5. The van der Waals surface area contributed by atoms with E-state index < -0.39 is 34.5 Å². The Hall–Kier alpha value is -2.83. The van der Waals surface area contributed by atoms with Crippen molar-refractivity contribution in [3.63, 3.8) is 0 Å². The minimum Gasteiger partial charge on any atom is -0.512 e. The fourth-order valence-electron chi connectivity index (χ4n) is 1.60. The molecule has 0 bridgehead atoms. The van der Waals surface area contributed by atoms with Crippen LogP contribution in [0.4, 0.5) is 0 Å². The monoisotopic (exact) mass is 308 g/mol. The van der Waals surface area contributed by atoms with E-state index >= 15 is 0 Å². The lowest BCUT2D eigenvalue weighted by atomic mass is 10.1. The largest absolute Gasteiger partial charge is 0.512 e. The number of aliphatic hydroxyl groups is 2. The molecule has 0 spiro atoms. The summed E-state index contributed by atoms with van der Waals surface area (Å²) >= 11 is 0. The first kappa shape index (κ1) is 17.2. The zero-order chi connectivity index (χ0) is 17.0. The second kappa shape index (κ2) is 6.75. The average Bonchev–Trinajstić information content (AvgIpc) is 2.33. The van der Waals surface area contributed by atoms with Gasteiger partial charge in [-0.25, -0.2) is 9.59 Å². The number of aryl methyl sites for hydroxylation is 1. The number of rotatable bonds is 4. The average molecular weight is 308 g/mol. The second-order valence-corrected chi connectivity index (χ2v) is 4.62. The Bertz CT molecular complexity index is 731. The van der Waals surface area contributed by atoms with Crippen molar-refractivity contribution in [3.8, 4) is 5.75 Å². The Labute approximate surface area is 126 Å². The van der Waals surface area contributed by atoms with Crippen LogP contribution in [-0.4, -0.2) is 22.0 Å². The molecule has 0 aromatic carbocycles. The van der Waals surface area contributed by atoms with E-state index in [4.69, 9.17) is 9.15 Å². The van der Waals surface area contributed by atoms with Gasteiger partial charge in [-0.3, -0.25) is 4.79 Å². The Morgan fingerprint density at radius 3 is 2.32 bits per heavy atom. The Morgan fingerprint density at radius 2 is 1.82 bits per heavy atom. The third-order valence-corrected chi connectivity index (χ3v) is 2.63. The molecule has 0 atom stereocenters. The molecule has 1 aromatic heterocycles. The fraction of sp³-hybridized carbons (Fsp3) is 0.267. The standard InChI is InChI=1S/C15H16O7/c1-7(16)5-11(18)13(10(4)17)15(20)22-12-6-8(2)21-14(19)9(12)3/h5-6,17-18H,1-4H3/b11-5-,13-10-. The number of esters is 1. The molecule has 0 unspecified atom stereocenters. The van der Waals surface area contributed by atoms with Crippen LogP contribution in [0.15, 0.2) is 38.4 Å². The normalized spacial score (nSPS) is 12.6. The summed E-state index contributed by atoms with van der Waals surface area (Å²) < 4.78 is 9.83. The molecule has 118 valence electrons. The molecule has 1 aromatic rings. The Balaban J connectivity index is 3.23. The summed E-state index contributed by atoms with van der Waals surface area (Å²) in [5, 5.41) is 19.2. The molecule has 1 rings (SSSR count). The first-order valence-electron chi connectivity index (χ1n) is 6.28. The minimum absolute atomic E-state index is 0.0592. The van der Waals surface area contributed by atoms with Gasteiger partial charge in [-0.2, -0.15) is 0 Å². The zero-order valence-electron chi connectivity index (χ0n) is 12.6. The van der Waals surface area contributed by atoms with E-state index in [1.165, 1.54) is 26.8 Å². The van der Waals surface area contributed by atoms with Gasteiger partial charge in [0.15, 0.2) is 5.78 Å². The summed E-state index contributed by atoms with van der Waals surface area (Å²) in [6, 6.07) is 1.32. The van der Waals surface area contributed by atoms with E-state index in [0.717, 1.165) is 13.0 Å². The third-order valence-electron chi connectivity index (χ3n) is 2.63. The smallest absolute Gasteiger partial charge is 0.350 e. The Morgan fingerprint density at radius 1 is 1.23 bits per heavy atom. The minimum atomic E-state index is -1.11. The first-order valence-corrected chi connectivity index (χ1v) is 6.28. The van der Waals surface area contributed by atoms with Gasteiger partial charge in [0.25, 0.3) is 0 Å². The maximum atomic E-state index is 12.1. The molecule has 22 heavy (non-hydrogen) atoms. The molecule has 0 radical (unpaired) electrons. The van der Waals surface area contributed by atoms with Crippen LogP contribution in [0.3, 0.4) is 0 Å². The van der Waals surface area contributed by atoms with Crippen LogP contribution in [0.25, 0.3) is 0 Å². The molecule has 0 amide bonds. The van der Waals surface area contributed by atoms with Crippen LogP contribution in [0.1, 0.15) is 25.2 Å². The number of allylic oxidation sites excluding steroid dienone is 2. The highest BCUT2D eigenvalue weighted by Crippen LogP contribution is 2.20. The lowest BCUT2D eigenvalue weighted by Crippen LogP contribution is -2.18. The van der Waals surface area contributed by atoms with Gasteiger partial charge in [-0.15, -0.1) is 0 Å². The predicted molar refractivity (Wildman–Crippen MR) is 76.8 cm³/mol. The first-order chi connectivity index (χ1) is 10.1. The van der Waals surface area contributed by atoms with Gasteiger partial charge in [0.05, 0.1) is 5.56 Å². The Kier molecular flexibility index (Phi) is 5.28. The molecule has 1 heterocycles. The highest BCUT2D eigenvalue weighted by Gasteiger charge is 2.22. The van der Waals surface area contributed by atoms with E-state index in [1.54, 1.807) is 0 Å².